The number of carboxylic acid groups (broad SMARTS) is 4. The van der Waals surface area contributed by atoms with E-state index in [-0.39, 0.29) is 35.8 Å². The van der Waals surface area contributed by atoms with Crippen LogP contribution in [-0.2, 0) is 9.59 Å². The predicted octanol–water partition coefficient (Wildman–Crippen LogP) is 2.83. The summed E-state index contributed by atoms with van der Waals surface area (Å²) in [5.74, 6) is -3.43. The first-order chi connectivity index (χ1) is 12.2. The summed E-state index contributed by atoms with van der Waals surface area (Å²) in [5.41, 5.74) is -0.0372. The molecule has 1 aliphatic rings. The summed E-state index contributed by atoms with van der Waals surface area (Å²) in [6.45, 7) is 0. The Morgan fingerprint density at radius 1 is 0.808 bits per heavy atom. The Labute approximate surface area is 150 Å². The van der Waals surface area contributed by atoms with Crippen LogP contribution in [0.15, 0.2) is 24.3 Å². The molecule has 1 saturated carbocycles. The molecule has 0 heterocycles. The van der Waals surface area contributed by atoms with Crippen molar-refractivity contribution in [1.29, 1.82) is 0 Å². The van der Waals surface area contributed by atoms with Crippen LogP contribution in [0.3, 0.4) is 0 Å². The third-order valence-electron chi connectivity index (χ3n) is 4.17. The molecule has 0 spiro atoms. The highest BCUT2D eigenvalue weighted by Gasteiger charge is 2.25. The van der Waals surface area contributed by atoms with Crippen molar-refractivity contribution in [3.63, 3.8) is 0 Å². The van der Waals surface area contributed by atoms with E-state index in [9.17, 15) is 19.2 Å². The van der Waals surface area contributed by atoms with Crippen molar-refractivity contribution in [2.45, 2.75) is 38.5 Å². The van der Waals surface area contributed by atoms with Crippen molar-refractivity contribution in [1.82, 2.24) is 0 Å². The minimum absolute atomic E-state index is 0.0186. The second-order valence-electron chi connectivity index (χ2n) is 6.29. The summed E-state index contributed by atoms with van der Waals surface area (Å²) in [6.07, 6.45) is 3.98. The van der Waals surface area contributed by atoms with Crippen LogP contribution in [-0.4, -0.2) is 44.3 Å². The van der Waals surface area contributed by atoms with Gasteiger partial charge in [-0.15, -0.1) is 0 Å². The van der Waals surface area contributed by atoms with Crippen LogP contribution in [0.2, 0.25) is 0 Å². The first-order valence-corrected chi connectivity index (χ1v) is 8.19. The van der Waals surface area contributed by atoms with Crippen molar-refractivity contribution < 1.29 is 39.6 Å². The Hall–Kier alpha value is -2.90. The van der Waals surface area contributed by atoms with Crippen molar-refractivity contribution in [2.24, 2.45) is 11.8 Å². The molecule has 0 saturated heterocycles. The molecular weight excluding hydrogens is 344 g/mol. The summed E-state index contributed by atoms with van der Waals surface area (Å²) in [7, 11) is 0. The summed E-state index contributed by atoms with van der Waals surface area (Å²) < 4.78 is 0. The molecule has 1 aromatic carbocycles. The third-order valence-corrected chi connectivity index (χ3v) is 4.17. The fourth-order valence-electron chi connectivity index (χ4n) is 3.05. The molecule has 1 fully saturated rings. The first kappa shape index (κ1) is 21.1. The normalized spacial score (nSPS) is 18.9. The number of aromatic carboxylic acids is 2. The zero-order valence-corrected chi connectivity index (χ0v) is 14.1. The van der Waals surface area contributed by atoms with Gasteiger partial charge in [0.2, 0.25) is 0 Å². The number of benzene rings is 1. The van der Waals surface area contributed by atoms with E-state index in [4.69, 9.17) is 20.4 Å². The zero-order valence-electron chi connectivity index (χ0n) is 14.1. The fourth-order valence-corrected chi connectivity index (χ4v) is 3.05. The molecule has 1 aliphatic carbocycles. The highest BCUT2D eigenvalue weighted by Crippen LogP contribution is 2.32. The summed E-state index contributed by atoms with van der Waals surface area (Å²) >= 11 is 0. The highest BCUT2D eigenvalue weighted by atomic mass is 16.4. The molecule has 0 bridgehead atoms. The van der Waals surface area contributed by atoms with Gasteiger partial charge in [-0.1, -0.05) is 12.5 Å². The zero-order chi connectivity index (χ0) is 19.7. The maximum absolute atomic E-state index is 10.5. The average molecular weight is 366 g/mol. The van der Waals surface area contributed by atoms with Crippen LogP contribution in [0.1, 0.15) is 59.2 Å². The van der Waals surface area contributed by atoms with Crippen LogP contribution >= 0.6 is 0 Å². The second kappa shape index (κ2) is 10.2. The number of aliphatic carboxylic acids is 2. The number of carboxylic acids is 4. The van der Waals surface area contributed by atoms with Gasteiger partial charge in [-0.3, -0.25) is 9.59 Å². The molecule has 0 amide bonds. The van der Waals surface area contributed by atoms with E-state index in [1.807, 2.05) is 0 Å². The first-order valence-electron chi connectivity index (χ1n) is 8.19. The summed E-state index contributed by atoms with van der Waals surface area (Å²) in [6, 6.07) is 5.20. The molecule has 142 valence electrons. The van der Waals surface area contributed by atoms with E-state index in [0.29, 0.717) is 0 Å². The Kier molecular flexibility index (Phi) is 8.27. The van der Waals surface area contributed by atoms with Crippen LogP contribution < -0.4 is 0 Å². The lowest BCUT2D eigenvalue weighted by Gasteiger charge is -2.26. The van der Waals surface area contributed by atoms with Gasteiger partial charge in [-0.25, -0.2) is 9.59 Å². The van der Waals surface area contributed by atoms with Gasteiger partial charge < -0.3 is 20.4 Å². The summed E-state index contributed by atoms with van der Waals surface area (Å²) in [5, 5.41) is 34.2. The van der Waals surface area contributed by atoms with E-state index >= 15 is 0 Å². The van der Waals surface area contributed by atoms with E-state index < -0.39 is 23.9 Å². The van der Waals surface area contributed by atoms with E-state index in [0.717, 1.165) is 31.7 Å². The second-order valence-corrected chi connectivity index (χ2v) is 6.29. The topological polar surface area (TPSA) is 149 Å². The van der Waals surface area contributed by atoms with Crippen molar-refractivity contribution in [3.8, 4) is 0 Å². The quantitative estimate of drug-likeness (QED) is 0.600. The van der Waals surface area contributed by atoms with Crippen LogP contribution in [0.5, 0.6) is 0 Å². The predicted molar refractivity (Wildman–Crippen MR) is 90.3 cm³/mol. The SMILES string of the molecule is O=C(O)CC1CCCC(CC(=O)O)C1.O=C(O)c1cccc(C(=O)O)c1. The molecule has 4 N–H and O–H groups in total. The maximum atomic E-state index is 10.5. The molecule has 8 heteroatoms. The summed E-state index contributed by atoms with van der Waals surface area (Å²) in [4.78, 5) is 41.7. The van der Waals surface area contributed by atoms with Gasteiger partial charge in [0, 0.05) is 12.8 Å². The van der Waals surface area contributed by atoms with Gasteiger partial charge in [0.25, 0.3) is 0 Å². The molecule has 26 heavy (non-hydrogen) atoms. The average Bonchev–Trinajstić information content (AvgIpc) is 2.54. The van der Waals surface area contributed by atoms with Crippen molar-refractivity contribution >= 4 is 23.9 Å². The molecule has 2 rings (SSSR count). The lowest BCUT2D eigenvalue weighted by atomic mass is 9.78. The standard InChI is InChI=1S/C10H16O4.C8H6O4/c11-9(12)5-7-2-1-3-8(4-7)6-10(13)14;9-7(10)5-2-1-3-6(4-5)8(11)12/h7-8H,1-6H2,(H,11,12)(H,13,14);1-4H,(H,9,10)(H,11,12). The van der Waals surface area contributed by atoms with Gasteiger partial charge in [-0.05, 0) is 49.3 Å². The monoisotopic (exact) mass is 366 g/mol. The van der Waals surface area contributed by atoms with Crippen LogP contribution in [0.4, 0.5) is 0 Å². The van der Waals surface area contributed by atoms with Gasteiger partial charge in [0.15, 0.2) is 0 Å². The van der Waals surface area contributed by atoms with Crippen molar-refractivity contribution in [3.05, 3.63) is 35.4 Å². The van der Waals surface area contributed by atoms with Gasteiger partial charge in [0.1, 0.15) is 0 Å². The van der Waals surface area contributed by atoms with Gasteiger partial charge in [0.05, 0.1) is 11.1 Å². The lowest BCUT2D eigenvalue weighted by molar-refractivity contribution is -0.138. The van der Waals surface area contributed by atoms with E-state index in [2.05, 4.69) is 0 Å². The number of carbonyl (C=O) groups is 4. The molecule has 0 radical (unpaired) electrons. The molecule has 0 aromatic heterocycles. The van der Waals surface area contributed by atoms with Gasteiger partial charge >= 0.3 is 23.9 Å². The Bertz CT molecular complexity index is 616. The van der Waals surface area contributed by atoms with Crippen molar-refractivity contribution in [2.75, 3.05) is 0 Å². The minimum Gasteiger partial charge on any atom is -0.481 e. The lowest BCUT2D eigenvalue weighted by Crippen LogP contribution is -2.20. The van der Waals surface area contributed by atoms with Crippen LogP contribution in [0.25, 0.3) is 0 Å². The molecule has 1 aromatic rings. The molecule has 8 nitrogen and oxygen atoms in total. The Balaban J connectivity index is 0.000000263. The smallest absolute Gasteiger partial charge is 0.335 e. The maximum Gasteiger partial charge on any atom is 0.335 e. The Morgan fingerprint density at radius 3 is 1.58 bits per heavy atom. The largest absolute Gasteiger partial charge is 0.481 e. The number of hydrogen-bond acceptors (Lipinski definition) is 4. The van der Waals surface area contributed by atoms with E-state index in [1.54, 1.807) is 0 Å². The molecule has 0 aliphatic heterocycles. The number of hydrogen-bond donors (Lipinski definition) is 4. The van der Waals surface area contributed by atoms with Gasteiger partial charge in [-0.2, -0.15) is 0 Å². The van der Waals surface area contributed by atoms with Crippen LogP contribution in [0, 0.1) is 11.8 Å². The molecular formula is C18H22O8. The minimum atomic E-state index is -1.13. The Morgan fingerprint density at radius 2 is 1.23 bits per heavy atom. The molecule has 2 unspecified atom stereocenters. The highest BCUT2D eigenvalue weighted by molar-refractivity contribution is 5.93. The van der Waals surface area contributed by atoms with E-state index in [1.165, 1.54) is 18.2 Å². The fraction of sp³-hybridized carbons (Fsp3) is 0.444. The third kappa shape index (κ3) is 7.78. The number of rotatable bonds is 6. The molecule has 2 atom stereocenters.